The number of nitro groups is 1. The Bertz CT molecular complexity index is 723. The summed E-state index contributed by atoms with van der Waals surface area (Å²) in [7, 11) is -4.09. The number of hydrogen-bond donors (Lipinski definition) is 2. The number of nitrogens with zero attached hydrogens (tertiary/aromatic N) is 2. The van der Waals surface area contributed by atoms with Crippen LogP contribution in [0.4, 0.5) is 10.5 Å². The van der Waals surface area contributed by atoms with Gasteiger partial charge in [-0.2, -0.15) is 0 Å². The van der Waals surface area contributed by atoms with Crippen LogP contribution in [0.2, 0.25) is 5.02 Å². The van der Waals surface area contributed by atoms with E-state index >= 15 is 0 Å². The fourth-order valence-electron chi connectivity index (χ4n) is 2.12. The molecule has 11 heteroatoms. The lowest BCUT2D eigenvalue weighted by atomic mass is 10.3. The molecular formula is C11H12ClN3O6S. The van der Waals surface area contributed by atoms with Crippen molar-refractivity contribution < 1.29 is 23.2 Å². The Hall–Kier alpha value is -1.91. The van der Waals surface area contributed by atoms with Gasteiger partial charge in [0.2, 0.25) is 10.0 Å². The maximum absolute atomic E-state index is 12.3. The number of non-ortho nitro benzene ring substituents is 1. The molecule has 1 aliphatic rings. The van der Waals surface area contributed by atoms with Gasteiger partial charge >= 0.3 is 6.09 Å². The average Bonchev–Trinajstić information content (AvgIpc) is 2.86. The van der Waals surface area contributed by atoms with Crippen LogP contribution in [0.1, 0.15) is 6.42 Å². The molecule has 9 nitrogen and oxygen atoms in total. The number of nitrogens with one attached hydrogen (secondary N) is 1. The average molecular weight is 350 g/mol. The summed E-state index contributed by atoms with van der Waals surface area (Å²) in [4.78, 5) is 21.5. The van der Waals surface area contributed by atoms with Crippen molar-refractivity contribution in [3.05, 3.63) is 33.3 Å². The van der Waals surface area contributed by atoms with Crippen molar-refractivity contribution in [3.8, 4) is 0 Å². The topological polar surface area (TPSA) is 130 Å². The molecule has 2 N–H and O–H groups in total. The predicted molar refractivity (Wildman–Crippen MR) is 76.4 cm³/mol. The van der Waals surface area contributed by atoms with E-state index in [0.717, 1.165) is 23.1 Å². The molecule has 1 heterocycles. The van der Waals surface area contributed by atoms with Crippen molar-refractivity contribution in [2.75, 3.05) is 13.1 Å². The van der Waals surface area contributed by atoms with Crippen molar-refractivity contribution in [2.45, 2.75) is 17.4 Å². The Morgan fingerprint density at radius 1 is 1.50 bits per heavy atom. The van der Waals surface area contributed by atoms with E-state index in [1.54, 1.807) is 0 Å². The summed E-state index contributed by atoms with van der Waals surface area (Å²) in [5.74, 6) is 0. The maximum Gasteiger partial charge on any atom is 0.407 e. The molecule has 0 bridgehead atoms. The van der Waals surface area contributed by atoms with Crippen LogP contribution in [0.3, 0.4) is 0 Å². The number of rotatable bonds is 4. The van der Waals surface area contributed by atoms with E-state index in [1.807, 2.05) is 0 Å². The Labute approximate surface area is 130 Å². The first kappa shape index (κ1) is 16.5. The molecule has 1 atom stereocenters. The van der Waals surface area contributed by atoms with E-state index in [4.69, 9.17) is 16.7 Å². The van der Waals surface area contributed by atoms with Crippen LogP contribution >= 0.6 is 11.6 Å². The van der Waals surface area contributed by atoms with E-state index in [2.05, 4.69) is 4.72 Å². The van der Waals surface area contributed by atoms with Crippen molar-refractivity contribution in [1.29, 1.82) is 0 Å². The Balaban J connectivity index is 2.23. The zero-order chi connectivity index (χ0) is 16.5. The van der Waals surface area contributed by atoms with E-state index in [9.17, 15) is 23.3 Å². The van der Waals surface area contributed by atoms with E-state index in [-0.39, 0.29) is 18.1 Å². The molecule has 1 fully saturated rings. The fraction of sp³-hybridized carbons (Fsp3) is 0.364. The zero-order valence-electron chi connectivity index (χ0n) is 11.1. The highest BCUT2D eigenvalue weighted by Crippen LogP contribution is 2.26. The second-order valence-corrected chi connectivity index (χ2v) is 6.80. The largest absolute Gasteiger partial charge is 0.465 e. The minimum Gasteiger partial charge on any atom is -0.465 e. The van der Waals surface area contributed by atoms with Gasteiger partial charge in [-0.15, -0.1) is 0 Å². The fourth-order valence-corrected chi connectivity index (χ4v) is 3.91. The summed E-state index contributed by atoms with van der Waals surface area (Å²) in [6.07, 6.45) is -0.812. The number of halogens is 1. The first-order valence-corrected chi connectivity index (χ1v) is 8.01. The van der Waals surface area contributed by atoms with Crippen LogP contribution in [0.25, 0.3) is 0 Å². The minimum absolute atomic E-state index is 0.0150. The molecule has 22 heavy (non-hydrogen) atoms. The van der Waals surface area contributed by atoms with Gasteiger partial charge in [-0.05, 0) is 12.5 Å². The van der Waals surface area contributed by atoms with Crippen LogP contribution < -0.4 is 4.72 Å². The number of nitro benzene ring substituents is 1. The minimum atomic E-state index is -4.09. The molecule has 0 aromatic heterocycles. The van der Waals surface area contributed by atoms with Gasteiger partial charge in [0.1, 0.15) is 4.90 Å². The lowest BCUT2D eigenvalue weighted by Crippen LogP contribution is -2.38. The predicted octanol–water partition coefficient (Wildman–Crippen LogP) is 1.28. The summed E-state index contributed by atoms with van der Waals surface area (Å²) < 4.78 is 26.9. The standard InChI is InChI=1S/C11H12ClN3O6S/c12-9-2-1-8(15(18)19)5-10(9)22(20,21)13-7-3-4-14(6-7)11(16)17/h1-2,5,7,13H,3-4,6H2,(H,16,17)/t7-/m1/s1. The maximum atomic E-state index is 12.3. The quantitative estimate of drug-likeness (QED) is 0.622. The molecule has 1 aromatic carbocycles. The highest BCUT2D eigenvalue weighted by atomic mass is 35.5. The number of sulfonamides is 1. The third kappa shape index (κ3) is 3.46. The molecule has 0 spiro atoms. The van der Waals surface area contributed by atoms with Crippen molar-refractivity contribution in [3.63, 3.8) is 0 Å². The number of amides is 1. The lowest BCUT2D eigenvalue weighted by molar-refractivity contribution is -0.385. The highest BCUT2D eigenvalue weighted by molar-refractivity contribution is 7.89. The third-order valence-electron chi connectivity index (χ3n) is 3.20. The van der Waals surface area contributed by atoms with Crippen molar-refractivity contribution in [1.82, 2.24) is 9.62 Å². The van der Waals surface area contributed by atoms with Gasteiger partial charge in [0, 0.05) is 31.3 Å². The second-order valence-electron chi connectivity index (χ2n) is 4.71. The second kappa shape index (κ2) is 6.07. The smallest absolute Gasteiger partial charge is 0.407 e. The van der Waals surface area contributed by atoms with Gasteiger partial charge in [-0.25, -0.2) is 17.9 Å². The van der Waals surface area contributed by atoms with Crippen LogP contribution in [-0.2, 0) is 10.0 Å². The number of likely N-dealkylation sites (tertiary alicyclic amines) is 1. The summed E-state index contributed by atoms with van der Waals surface area (Å²) in [5, 5.41) is 19.4. The SMILES string of the molecule is O=C(O)N1CC[C@@H](NS(=O)(=O)c2cc([N+](=O)[O-])ccc2Cl)C1. The molecular weight excluding hydrogens is 338 g/mol. The Morgan fingerprint density at radius 2 is 2.18 bits per heavy atom. The normalized spacial score (nSPS) is 18.4. The summed E-state index contributed by atoms with van der Waals surface area (Å²) >= 11 is 5.80. The molecule has 2 rings (SSSR count). The van der Waals surface area contributed by atoms with Crippen LogP contribution in [0, 0.1) is 10.1 Å². The molecule has 1 aliphatic heterocycles. The van der Waals surface area contributed by atoms with Crippen LogP contribution in [0.15, 0.2) is 23.1 Å². The van der Waals surface area contributed by atoms with Crippen molar-refractivity contribution in [2.24, 2.45) is 0 Å². The molecule has 1 saturated heterocycles. The van der Waals surface area contributed by atoms with Gasteiger partial charge in [0.25, 0.3) is 5.69 Å². The van der Waals surface area contributed by atoms with Gasteiger partial charge in [0.15, 0.2) is 0 Å². The summed E-state index contributed by atoms with van der Waals surface area (Å²) in [5.41, 5.74) is -0.400. The zero-order valence-corrected chi connectivity index (χ0v) is 12.7. The first-order chi connectivity index (χ1) is 10.2. The van der Waals surface area contributed by atoms with E-state index in [0.29, 0.717) is 6.42 Å². The highest BCUT2D eigenvalue weighted by Gasteiger charge is 2.31. The van der Waals surface area contributed by atoms with E-state index in [1.165, 1.54) is 0 Å². The molecule has 1 aromatic rings. The van der Waals surface area contributed by atoms with E-state index < -0.39 is 37.7 Å². The first-order valence-electron chi connectivity index (χ1n) is 6.15. The molecule has 0 unspecified atom stereocenters. The molecule has 120 valence electrons. The lowest BCUT2D eigenvalue weighted by Gasteiger charge is -2.14. The monoisotopic (exact) mass is 349 g/mol. The molecule has 0 saturated carbocycles. The third-order valence-corrected chi connectivity index (χ3v) is 5.20. The number of carboxylic acid groups (broad SMARTS) is 1. The molecule has 0 radical (unpaired) electrons. The summed E-state index contributed by atoms with van der Waals surface area (Å²) in [6, 6.07) is 2.50. The molecule has 1 amide bonds. The van der Waals surface area contributed by atoms with Crippen LogP contribution in [0.5, 0.6) is 0 Å². The Kier molecular flexibility index (Phi) is 4.54. The molecule has 0 aliphatic carbocycles. The Morgan fingerprint density at radius 3 is 2.73 bits per heavy atom. The summed E-state index contributed by atoms with van der Waals surface area (Å²) in [6.45, 7) is 0.228. The number of carbonyl (C=O) groups is 1. The van der Waals surface area contributed by atoms with Crippen LogP contribution in [-0.4, -0.2) is 48.6 Å². The van der Waals surface area contributed by atoms with Gasteiger partial charge < -0.3 is 10.0 Å². The number of benzene rings is 1. The number of hydrogen-bond acceptors (Lipinski definition) is 5. The van der Waals surface area contributed by atoms with Gasteiger partial charge in [-0.3, -0.25) is 10.1 Å². The van der Waals surface area contributed by atoms with Crippen molar-refractivity contribution >= 4 is 33.4 Å². The van der Waals surface area contributed by atoms with Gasteiger partial charge in [0.05, 0.1) is 9.95 Å². The van der Waals surface area contributed by atoms with Gasteiger partial charge in [-0.1, -0.05) is 11.6 Å².